The van der Waals surface area contributed by atoms with Gasteiger partial charge in [0.2, 0.25) is 5.91 Å². The molecule has 30 heavy (non-hydrogen) atoms. The van der Waals surface area contributed by atoms with Crippen molar-refractivity contribution in [2.45, 2.75) is 52.2 Å². The number of benzene rings is 1. The van der Waals surface area contributed by atoms with E-state index in [0.29, 0.717) is 32.2 Å². The van der Waals surface area contributed by atoms with E-state index in [4.69, 9.17) is 9.47 Å². The number of carbonyl (C=O) groups is 1. The lowest BCUT2D eigenvalue weighted by molar-refractivity contribution is -0.121. The van der Waals surface area contributed by atoms with E-state index in [2.05, 4.69) is 22.4 Å². The molecule has 1 aliphatic heterocycles. The predicted octanol–water partition coefficient (Wildman–Crippen LogP) is 2.70. The molecule has 1 N–H and O–H groups in total. The number of hydrogen-bond donors (Lipinski definition) is 1. The molecular weight excluding hydrogens is 380 g/mol. The van der Waals surface area contributed by atoms with E-state index in [1.807, 2.05) is 48.9 Å². The van der Waals surface area contributed by atoms with Crippen LogP contribution in [0.15, 0.2) is 30.3 Å². The lowest BCUT2D eigenvalue weighted by Gasteiger charge is -2.31. The Morgan fingerprint density at radius 2 is 2.10 bits per heavy atom. The van der Waals surface area contributed by atoms with Gasteiger partial charge in [-0.25, -0.2) is 0 Å². The fourth-order valence-corrected chi connectivity index (χ4v) is 3.76. The first-order chi connectivity index (χ1) is 14.5. The first-order valence-electron chi connectivity index (χ1n) is 10.8. The van der Waals surface area contributed by atoms with Crippen molar-refractivity contribution >= 4 is 5.91 Å². The largest absolute Gasteiger partial charge is 0.492 e. The van der Waals surface area contributed by atoms with Gasteiger partial charge in [-0.15, -0.1) is 0 Å². The molecule has 1 amide bonds. The number of likely N-dealkylation sites (N-methyl/N-ethyl adjacent to an activating group) is 1. The molecule has 7 heteroatoms. The molecule has 0 atom stereocenters. The Bertz CT molecular complexity index is 815. The summed E-state index contributed by atoms with van der Waals surface area (Å²) in [5.74, 6) is 0.858. The molecule has 2 aromatic rings. The number of nitrogens with zero attached hydrogens (tertiary/aromatic N) is 3. The molecule has 7 nitrogen and oxygen atoms in total. The van der Waals surface area contributed by atoms with Gasteiger partial charge in [-0.3, -0.25) is 14.4 Å². The highest BCUT2D eigenvalue weighted by Gasteiger charge is 2.18. The summed E-state index contributed by atoms with van der Waals surface area (Å²) < 4.78 is 13.2. The van der Waals surface area contributed by atoms with Crippen LogP contribution in [0.1, 0.15) is 36.2 Å². The summed E-state index contributed by atoms with van der Waals surface area (Å²) in [5, 5.41) is 7.38. The summed E-state index contributed by atoms with van der Waals surface area (Å²) in [7, 11) is 2.15. The van der Waals surface area contributed by atoms with Crippen LogP contribution < -0.4 is 10.1 Å². The monoisotopic (exact) mass is 414 g/mol. The van der Waals surface area contributed by atoms with E-state index < -0.39 is 0 Å². The van der Waals surface area contributed by atoms with E-state index in [1.165, 1.54) is 0 Å². The zero-order chi connectivity index (χ0) is 21.3. The molecule has 1 fully saturated rings. The van der Waals surface area contributed by atoms with Crippen molar-refractivity contribution in [2.75, 3.05) is 33.4 Å². The number of aryl methyl sites for hydroxylation is 3. The maximum Gasteiger partial charge on any atom is 0.222 e. The van der Waals surface area contributed by atoms with Gasteiger partial charge in [-0.05, 0) is 57.5 Å². The van der Waals surface area contributed by atoms with Crippen LogP contribution in [0.25, 0.3) is 0 Å². The molecule has 0 unspecified atom stereocenters. The SMILES string of the molecule is Cc1cc(C)n(CCC(=O)NCc2cccc(OCCN(C)C3CCOCC3)c2)n1. The summed E-state index contributed by atoms with van der Waals surface area (Å²) in [6, 6.07) is 10.5. The number of hydrogen-bond acceptors (Lipinski definition) is 5. The molecule has 1 aliphatic rings. The molecule has 0 spiro atoms. The average Bonchev–Trinajstić information content (AvgIpc) is 3.08. The smallest absolute Gasteiger partial charge is 0.222 e. The zero-order valence-corrected chi connectivity index (χ0v) is 18.4. The van der Waals surface area contributed by atoms with Gasteiger partial charge in [-0.1, -0.05) is 12.1 Å². The van der Waals surface area contributed by atoms with Gasteiger partial charge in [0.15, 0.2) is 0 Å². The van der Waals surface area contributed by atoms with E-state index >= 15 is 0 Å². The van der Waals surface area contributed by atoms with Gasteiger partial charge in [0.1, 0.15) is 12.4 Å². The molecule has 0 aliphatic carbocycles. The topological polar surface area (TPSA) is 68.6 Å². The van der Waals surface area contributed by atoms with Crippen molar-refractivity contribution in [2.24, 2.45) is 0 Å². The van der Waals surface area contributed by atoms with Crippen LogP contribution in [-0.2, 0) is 22.6 Å². The van der Waals surface area contributed by atoms with Gasteiger partial charge in [0.05, 0.1) is 5.69 Å². The molecule has 164 valence electrons. The standard InChI is InChI=1S/C23H34N4O3/c1-18-15-19(2)27(25-18)10-7-23(28)24-17-20-5-4-6-22(16-20)30-14-11-26(3)21-8-12-29-13-9-21/h4-6,15-16,21H,7-14,17H2,1-3H3,(H,24,28). The van der Waals surface area contributed by atoms with E-state index in [-0.39, 0.29) is 5.91 Å². The third kappa shape index (κ3) is 6.85. The fourth-order valence-electron chi connectivity index (χ4n) is 3.76. The highest BCUT2D eigenvalue weighted by molar-refractivity contribution is 5.75. The highest BCUT2D eigenvalue weighted by atomic mass is 16.5. The lowest BCUT2D eigenvalue weighted by Crippen LogP contribution is -2.38. The van der Waals surface area contributed by atoms with Crippen molar-refractivity contribution in [1.29, 1.82) is 0 Å². The number of carbonyl (C=O) groups excluding carboxylic acids is 1. The second kappa shape index (κ2) is 11.1. The third-order valence-electron chi connectivity index (χ3n) is 5.57. The minimum absolute atomic E-state index is 0.0203. The van der Waals surface area contributed by atoms with Gasteiger partial charge >= 0.3 is 0 Å². The molecule has 0 bridgehead atoms. The Balaban J connectivity index is 1.38. The van der Waals surface area contributed by atoms with Gasteiger partial charge in [-0.2, -0.15) is 5.10 Å². The lowest BCUT2D eigenvalue weighted by atomic mass is 10.1. The average molecular weight is 415 g/mol. The third-order valence-corrected chi connectivity index (χ3v) is 5.57. The van der Waals surface area contributed by atoms with E-state index in [0.717, 1.165) is 55.3 Å². The number of aromatic nitrogens is 2. The molecule has 0 saturated carbocycles. The molecule has 1 aromatic heterocycles. The van der Waals surface area contributed by atoms with Crippen LogP contribution in [0.3, 0.4) is 0 Å². The minimum Gasteiger partial charge on any atom is -0.492 e. The normalized spacial score (nSPS) is 14.8. The first kappa shape index (κ1) is 22.3. The van der Waals surface area contributed by atoms with Gasteiger partial charge < -0.3 is 14.8 Å². The van der Waals surface area contributed by atoms with Crippen molar-refractivity contribution in [3.63, 3.8) is 0 Å². The highest BCUT2D eigenvalue weighted by Crippen LogP contribution is 2.15. The fraction of sp³-hybridized carbons (Fsp3) is 0.565. The van der Waals surface area contributed by atoms with Gasteiger partial charge in [0, 0.05) is 51.0 Å². The summed E-state index contributed by atoms with van der Waals surface area (Å²) in [4.78, 5) is 14.5. The van der Waals surface area contributed by atoms with Gasteiger partial charge in [0.25, 0.3) is 0 Å². The maximum atomic E-state index is 12.2. The zero-order valence-electron chi connectivity index (χ0n) is 18.4. The minimum atomic E-state index is 0.0203. The number of ether oxygens (including phenoxy) is 2. The summed E-state index contributed by atoms with van der Waals surface area (Å²) >= 11 is 0. The van der Waals surface area contributed by atoms with Crippen LogP contribution >= 0.6 is 0 Å². The molecule has 2 heterocycles. The quantitative estimate of drug-likeness (QED) is 0.647. The first-order valence-corrected chi connectivity index (χ1v) is 10.8. The van der Waals surface area contributed by atoms with Crippen LogP contribution in [0.4, 0.5) is 0 Å². The van der Waals surface area contributed by atoms with Crippen molar-refractivity contribution < 1.29 is 14.3 Å². The Kier molecular flexibility index (Phi) is 8.28. The number of amides is 1. The predicted molar refractivity (Wildman–Crippen MR) is 117 cm³/mol. The Morgan fingerprint density at radius 3 is 2.83 bits per heavy atom. The van der Waals surface area contributed by atoms with Crippen molar-refractivity contribution in [3.8, 4) is 5.75 Å². The van der Waals surface area contributed by atoms with Crippen LogP contribution in [0, 0.1) is 13.8 Å². The summed E-state index contributed by atoms with van der Waals surface area (Å²) in [5.41, 5.74) is 3.08. The molecule has 1 aromatic carbocycles. The molecule has 3 rings (SSSR count). The Morgan fingerprint density at radius 1 is 1.30 bits per heavy atom. The van der Waals surface area contributed by atoms with Crippen LogP contribution in [-0.4, -0.2) is 60.0 Å². The molecular formula is C23H34N4O3. The van der Waals surface area contributed by atoms with Crippen molar-refractivity contribution in [1.82, 2.24) is 20.0 Å². The Labute approximate surface area is 179 Å². The van der Waals surface area contributed by atoms with Crippen LogP contribution in [0.5, 0.6) is 5.75 Å². The molecule has 1 saturated heterocycles. The Hall–Kier alpha value is -2.38. The van der Waals surface area contributed by atoms with E-state index in [1.54, 1.807) is 0 Å². The molecule has 0 radical (unpaired) electrons. The van der Waals surface area contributed by atoms with Crippen molar-refractivity contribution in [3.05, 3.63) is 47.3 Å². The second-order valence-corrected chi connectivity index (χ2v) is 8.00. The second-order valence-electron chi connectivity index (χ2n) is 8.00. The summed E-state index contributed by atoms with van der Waals surface area (Å²) in [6.07, 6.45) is 2.59. The maximum absolute atomic E-state index is 12.2. The number of nitrogens with one attached hydrogen (secondary N) is 1. The van der Waals surface area contributed by atoms with Crippen LogP contribution in [0.2, 0.25) is 0 Å². The van der Waals surface area contributed by atoms with E-state index in [9.17, 15) is 4.79 Å². The summed E-state index contributed by atoms with van der Waals surface area (Å²) in [6.45, 7) is 8.29. The number of rotatable bonds is 10.